The highest BCUT2D eigenvalue weighted by atomic mass is 19.1. The van der Waals surface area contributed by atoms with Crippen LogP contribution in [-0.4, -0.2) is 30.3 Å². The van der Waals surface area contributed by atoms with Crippen molar-refractivity contribution in [3.05, 3.63) is 47.1 Å². The summed E-state index contributed by atoms with van der Waals surface area (Å²) in [5, 5.41) is 3.93. The fraction of sp³-hybridized carbons (Fsp3) is 0.400. The van der Waals surface area contributed by atoms with Crippen LogP contribution in [0.2, 0.25) is 0 Å². The van der Waals surface area contributed by atoms with Crippen LogP contribution in [0.4, 0.5) is 4.39 Å². The number of nitrogens with zero attached hydrogens (tertiary/aromatic N) is 2. The molecule has 0 atom stereocenters. The van der Waals surface area contributed by atoms with Crippen LogP contribution >= 0.6 is 0 Å². The predicted molar refractivity (Wildman–Crippen MR) is 74.2 cm³/mol. The second-order valence-corrected chi connectivity index (χ2v) is 4.82. The maximum absolute atomic E-state index is 13.4. The summed E-state index contributed by atoms with van der Waals surface area (Å²) in [6.07, 6.45) is 0. The maximum Gasteiger partial charge on any atom is 0.165 e. The van der Waals surface area contributed by atoms with Crippen LogP contribution < -0.4 is 4.74 Å². The van der Waals surface area contributed by atoms with Crippen molar-refractivity contribution in [2.45, 2.75) is 20.4 Å². The molecular weight excluding hydrogens is 259 g/mol. The number of rotatable bonds is 6. The SMILES string of the molecule is Cc1noc(C)c1CN(C)CCOc1ccccc1F. The molecule has 2 aromatic rings. The van der Waals surface area contributed by atoms with Gasteiger partial charge in [-0.05, 0) is 33.0 Å². The Bertz CT molecular complexity index is 549. The number of para-hydroxylation sites is 1. The molecule has 20 heavy (non-hydrogen) atoms. The molecule has 0 saturated heterocycles. The third kappa shape index (κ3) is 3.57. The van der Waals surface area contributed by atoms with E-state index >= 15 is 0 Å². The van der Waals surface area contributed by atoms with Gasteiger partial charge in [0.05, 0.1) is 5.69 Å². The molecule has 1 heterocycles. The molecule has 0 spiro atoms. The molecule has 0 fully saturated rings. The van der Waals surface area contributed by atoms with E-state index in [9.17, 15) is 4.39 Å². The minimum atomic E-state index is -0.333. The molecule has 0 aliphatic rings. The maximum atomic E-state index is 13.4. The first-order chi connectivity index (χ1) is 9.58. The molecule has 0 saturated carbocycles. The van der Waals surface area contributed by atoms with E-state index in [4.69, 9.17) is 9.26 Å². The number of aromatic nitrogens is 1. The van der Waals surface area contributed by atoms with Crippen molar-refractivity contribution in [3.63, 3.8) is 0 Å². The molecule has 108 valence electrons. The molecular formula is C15H19FN2O2. The minimum absolute atomic E-state index is 0.290. The van der Waals surface area contributed by atoms with Crippen LogP contribution in [0.5, 0.6) is 5.75 Å². The third-order valence-electron chi connectivity index (χ3n) is 3.18. The van der Waals surface area contributed by atoms with E-state index in [1.54, 1.807) is 18.2 Å². The number of likely N-dealkylation sites (N-methyl/N-ethyl adjacent to an activating group) is 1. The molecule has 0 bridgehead atoms. The van der Waals surface area contributed by atoms with Crippen LogP contribution in [0.15, 0.2) is 28.8 Å². The minimum Gasteiger partial charge on any atom is -0.489 e. The van der Waals surface area contributed by atoms with E-state index < -0.39 is 0 Å². The lowest BCUT2D eigenvalue weighted by molar-refractivity contribution is 0.225. The normalized spacial score (nSPS) is 11.1. The molecule has 4 nitrogen and oxygen atoms in total. The summed E-state index contributed by atoms with van der Waals surface area (Å²) in [7, 11) is 1.98. The molecule has 0 N–H and O–H groups in total. The Morgan fingerprint density at radius 2 is 2.05 bits per heavy atom. The highest BCUT2D eigenvalue weighted by Crippen LogP contribution is 2.16. The summed E-state index contributed by atoms with van der Waals surface area (Å²) in [4.78, 5) is 2.09. The standard InChI is InChI=1S/C15H19FN2O2/c1-11-13(12(2)20-17-11)10-18(3)8-9-19-15-7-5-4-6-14(15)16/h4-7H,8-10H2,1-3H3. The average molecular weight is 278 g/mol. The van der Waals surface area contributed by atoms with Gasteiger partial charge in [-0.2, -0.15) is 0 Å². The lowest BCUT2D eigenvalue weighted by atomic mass is 10.2. The molecule has 0 aliphatic heterocycles. The zero-order valence-corrected chi connectivity index (χ0v) is 12.0. The van der Waals surface area contributed by atoms with Gasteiger partial charge in [-0.1, -0.05) is 17.3 Å². The lowest BCUT2D eigenvalue weighted by Crippen LogP contribution is -2.24. The number of hydrogen-bond acceptors (Lipinski definition) is 4. The van der Waals surface area contributed by atoms with Gasteiger partial charge in [0, 0.05) is 18.7 Å². The van der Waals surface area contributed by atoms with Gasteiger partial charge < -0.3 is 9.26 Å². The summed E-state index contributed by atoms with van der Waals surface area (Å²) in [5.41, 5.74) is 2.00. The average Bonchev–Trinajstić information content (AvgIpc) is 2.73. The Balaban J connectivity index is 1.81. The Morgan fingerprint density at radius 1 is 1.30 bits per heavy atom. The smallest absolute Gasteiger partial charge is 0.165 e. The van der Waals surface area contributed by atoms with Crippen molar-refractivity contribution in [1.82, 2.24) is 10.1 Å². The fourth-order valence-electron chi connectivity index (χ4n) is 1.95. The van der Waals surface area contributed by atoms with Crippen molar-refractivity contribution >= 4 is 0 Å². The largest absolute Gasteiger partial charge is 0.489 e. The van der Waals surface area contributed by atoms with Gasteiger partial charge in [0.15, 0.2) is 11.6 Å². The first-order valence-electron chi connectivity index (χ1n) is 6.55. The molecule has 0 aliphatic carbocycles. The molecule has 2 rings (SSSR count). The van der Waals surface area contributed by atoms with Gasteiger partial charge in [0.2, 0.25) is 0 Å². The Morgan fingerprint density at radius 3 is 2.70 bits per heavy atom. The second kappa shape index (κ2) is 6.52. The zero-order chi connectivity index (χ0) is 14.5. The van der Waals surface area contributed by atoms with E-state index in [-0.39, 0.29) is 5.82 Å². The summed E-state index contributed by atoms with van der Waals surface area (Å²) >= 11 is 0. The number of ether oxygens (including phenoxy) is 1. The predicted octanol–water partition coefficient (Wildman–Crippen LogP) is 2.94. The highest BCUT2D eigenvalue weighted by molar-refractivity contribution is 5.23. The van der Waals surface area contributed by atoms with Crippen LogP contribution in [0, 0.1) is 19.7 Å². The van der Waals surface area contributed by atoms with E-state index in [2.05, 4.69) is 10.1 Å². The molecule has 1 aromatic carbocycles. The van der Waals surface area contributed by atoms with Gasteiger partial charge in [0.1, 0.15) is 12.4 Å². The van der Waals surface area contributed by atoms with Gasteiger partial charge in [-0.3, -0.25) is 4.90 Å². The van der Waals surface area contributed by atoms with Crippen LogP contribution in [0.25, 0.3) is 0 Å². The topological polar surface area (TPSA) is 38.5 Å². The fourth-order valence-corrected chi connectivity index (χ4v) is 1.95. The van der Waals surface area contributed by atoms with Gasteiger partial charge in [0.25, 0.3) is 0 Å². The van der Waals surface area contributed by atoms with Crippen molar-refractivity contribution in [1.29, 1.82) is 0 Å². The van der Waals surface area contributed by atoms with Crippen molar-refractivity contribution < 1.29 is 13.7 Å². The first-order valence-corrected chi connectivity index (χ1v) is 6.55. The third-order valence-corrected chi connectivity index (χ3v) is 3.18. The van der Waals surface area contributed by atoms with Crippen molar-refractivity contribution in [2.24, 2.45) is 0 Å². The molecule has 5 heteroatoms. The van der Waals surface area contributed by atoms with Gasteiger partial charge in [-0.25, -0.2) is 4.39 Å². The van der Waals surface area contributed by atoms with Gasteiger partial charge in [-0.15, -0.1) is 0 Å². The second-order valence-electron chi connectivity index (χ2n) is 4.82. The summed E-state index contributed by atoms with van der Waals surface area (Å²) in [5.74, 6) is 0.795. The van der Waals surface area contributed by atoms with Crippen LogP contribution in [0.3, 0.4) is 0 Å². The van der Waals surface area contributed by atoms with Gasteiger partial charge >= 0.3 is 0 Å². The van der Waals surface area contributed by atoms with Crippen LogP contribution in [-0.2, 0) is 6.54 Å². The van der Waals surface area contributed by atoms with E-state index in [1.807, 2.05) is 20.9 Å². The Labute approximate surface area is 118 Å². The lowest BCUT2D eigenvalue weighted by Gasteiger charge is -2.16. The summed E-state index contributed by atoms with van der Waals surface area (Å²) in [6, 6.07) is 6.42. The number of benzene rings is 1. The quantitative estimate of drug-likeness (QED) is 0.814. The number of halogens is 1. The molecule has 1 aromatic heterocycles. The molecule has 0 radical (unpaired) electrons. The summed E-state index contributed by atoms with van der Waals surface area (Å²) < 4.78 is 23.9. The molecule has 0 unspecified atom stereocenters. The van der Waals surface area contributed by atoms with E-state index in [1.165, 1.54) is 6.07 Å². The van der Waals surface area contributed by atoms with E-state index in [0.717, 1.165) is 23.6 Å². The first kappa shape index (κ1) is 14.5. The monoisotopic (exact) mass is 278 g/mol. The summed E-state index contributed by atoms with van der Waals surface area (Å²) in [6.45, 7) is 5.69. The Hall–Kier alpha value is -1.88. The number of hydrogen-bond donors (Lipinski definition) is 0. The van der Waals surface area contributed by atoms with E-state index in [0.29, 0.717) is 18.9 Å². The highest BCUT2D eigenvalue weighted by Gasteiger charge is 2.11. The zero-order valence-electron chi connectivity index (χ0n) is 12.0. The molecule has 0 amide bonds. The Kier molecular flexibility index (Phi) is 4.74. The van der Waals surface area contributed by atoms with Crippen LogP contribution in [0.1, 0.15) is 17.0 Å². The number of aryl methyl sites for hydroxylation is 2. The van der Waals surface area contributed by atoms with Crippen molar-refractivity contribution in [3.8, 4) is 5.75 Å². The van der Waals surface area contributed by atoms with Crippen molar-refractivity contribution in [2.75, 3.05) is 20.2 Å².